The van der Waals surface area contributed by atoms with Crippen molar-refractivity contribution in [1.29, 1.82) is 0 Å². The van der Waals surface area contributed by atoms with Gasteiger partial charge in [-0.15, -0.1) is 0 Å². The molecule has 0 spiro atoms. The fraction of sp³-hybridized carbons (Fsp3) is 0.562. The van der Waals surface area contributed by atoms with Crippen LogP contribution in [0.2, 0.25) is 0 Å². The molecule has 0 bridgehead atoms. The van der Waals surface area contributed by atoms with Gasteiger partial charge in [0.1, 0.15) is 6.10 Å². The third-order valence-corrected chi connectivity index (χ3v) is 4.30. The summed E-state index contributed by atoms with van der Waals surface area (Å²) in [6, 6.07) is 8.97. The number of primary amides is 1. The molecule has 0 heterocycles. The number of amides is 1. The fourth-order valence-corrected chi connectivity index (χ4v) is 2.40. The number of benzene rings is 1. The minimum Gasteiger partial charge on any atom is -0.446 e. The Balaban J connectivity index is 1.85. The second kappa shape index (κ2) is 5.73. The number of anilines is 1. The summed E-state index contributed by atoms with van der Waals surface area (Å²) < 4.78 is 4.93. The van der Waals surface area contributed by atoms with Gasteiger partial charge in [-0.05, 0) is 29.5 Å². The molecule has 2 rings (SSSR count). The molecule has 0 radical (unpaired) electrons. The number of rotatable bonds is 5. The fourth-order valence-electron chi connectivity index (χ4n) is 2.40. The van der Waals surface area contributed by atoms with Crippen LogP contribution in [0, 0.1) is 0 Å². The van der Waals surface area contributed by atoms with E-state index in [4.69, 9.17) is 10.5 Å². The van der Waals surface area contributed by atoms with Crippen molar-refractivity contribution in [3.8, 4) is 0 Å². The summed E-state index contributed by atoms with van der Waals surface area (Å²) in [5.41, 5.74) is 7.68. The highest BCUT2D eigenvalue weighted by molar-refractivity contribution is 5.65. The maximum absolute atomic E-state index is 10.6. The van der Waals surface area contributed by atoms with Gasteiger partial charge in [0.2, 0.25) is 0 Å². The predicted octanol–water partition coefficient (Wildman–Crippen LogP) is 3.41. The summed E-state index contributed by atoms with van der Waals surface area (Å²) in [5, 5.41) is 3.45. The second-order valence-corrected chi connectivity index (χ2v) is 6.19. The molecule has 0 atom stereocenters. The van der Waals surface area contributed by atoms with Crippen LogP contribution < -0.4 is 11.1 Å². The van der Waals surface area contributed by atoms with E-state index in [9.17, 15) is 4.79 Å². The zero-order chi connectivity index (χ0) is 14.8. The average molecular weight is 276 g/mol. The normalized spacial score (nSPS) is 21.9. The lowest BCUT2D eigenvalue weighted by molar-refractivity contribution is 0.0518. The summed E-state index contributed by atoms with van der Waals surface area (Å²) in [4.78, 5) is 10.6. The number of nitrogens with two attached hydrogens (primary N) is 1. The Morgan fingerprint density at radius 2 is 1.95 bits per heavy atom. The summed E-state index contributed by atoms with van der Waals surface area (Å²) in [6.07, 6.45) is 2.06. The molecule has 20 heavy (non-hydrogen) atoms. The molecule has 0 aliphatic heterocycles. The summed E-state index contributed by atoms with van der Waals surface area (Å²) in [7, 11) is 0. The lowest BCUT2D eigenvalue weighted by Crippen LogP contribution is -2.42. The van der Waals surface area contributed by atoms with Gasteiger partial charge in [-0.3, -0.25) is 0 Å². The lowest BCUT2D eigenvalue weighted by atomic mass is 9.82. The van der Waals surface area contributed by atoms with Crippen LogP contribution >= 0.6 is 0 Å². The second-order valence-electron chi connectivity index (χ2n) is 6.19. The molecule has 1 aromatic rings. The molecule has 0 saturated heterocycles. The highest BCUT2D eigenvalue weighted by atomic mass is 16.6. The Morgan fingerprint density at radius 3 is 2.45 bits per heavy atom. The molecule has 110 valence electrons. The first-order valence-corrected chi connectivity index (χ1v) is 7.24. The predicted molar refractivity (Wildman–Crippen MR) is 80.9 cm³/mol. The number of carbonyl (C=O) groups is 1. The molecule has 1 aliphatic rings. The van der Waals surface area contributed by atoms with Crippen LogP contribution in [0.15, 0.2) is 24.3 Å². The van der Waals surface area contributed by atoms with E-state index >= 15 is 0 Å². The minimum atomic E-state index is -0.681. The molecular formula is C16H24N2O2. The zero-order valence-corrected chi connectivity index (χ0v) is 12.5. The molecule has 1 amide bonds. The largest absolute Gasteiger partial charge is 0.446 e. The average Bonchev–Trinajstić information content (AvgIpc) is 2.36. The van der Waals surface area contributed by atoms with Gasteiger partial charge in [0, 0.05) is 24.6 Å². The van der Waals surface area contributed by atoms with Crippen molar-refractivity contribution in [3.05, 3.63) is 29.8 Å². The number of nitrogens with one attached hydrogen (secondary N) is 1. The van der Waals surface area contributed by atoms with Crippen LogP contribution in [0.5, 0.6) is 0 Å². The van der Waals surface area contributed by atoms with E-state index in [1.54, 1.807) is 0 Å². The van der Waals surface area contributed by atoms with Crippen molar-refractivity contribution in [2.75, 3.05) is 5.32 Å². The number of hydrogen-bond acceptors (Lipinski definition) is 3. The molecule has 0 unspecified atom stereocenters. The first kappa shape index (κ1) is 14.7. The van der Waals surface area contributed by atoms with Crippen molar-refractivity contribution >= 4 is 11.8 Å². The van der Waals surface area contributed by atoms with Crippen molar-refractivity contribution in [1.82, 2.24) is 0 Å². The Morgan fingerprint density at radius 1 is 1.35 bits per heavy atom. The first-order chi connectivity index (χ1) is 9.40. The van der Waals surface area contributed by atoms with Crippen LogP contribution in [0.3, 0.4) is 0 Å². The molecule has 1 aliphatic carbocycles. The standard InChI is InChI=1S/C16H24N2O2/c1-4-16(2,3)11-5-7-12(8-6-11)18-13-9-14(10-13)20-15(17)19/h5-8,13-14,18H,4,9-10H2,1-3H3,(H2,17,19). The van der Waals surface area contributed by atoms with Gasteiger partial charge >= 0.3 is 6.09 Å². The lowest BCUT2D eigenvalue weighted by Gasteiger charge is -2.35. The molecule has 1 saturated carbocycles. The van der Waals surface area contributed by atoms with Crippen molar-refractivity contribution in [2.45, 2.75) is 57.6 Å². The Kier molecular flexibility index (Phi) is 4.21. The summed E-state index contributed by atoms with van der Waals surface area (Å²) in [6.45, 7) is 6.72. The van der Waals surface area contributed by atoms with Gasteiger partial charge < -0.3 is 15.8 Å². The third-order valence-electron chi connectivity index (χ3n) is 4.30. The van der Waals surface area contributed by atoms with Crippen LogP contribution in [-0.4, -0.2) is 18.2 Å². The summed E-state index contributed by atoms with van der Waals surface area (Å²) in [5.74, 6) is 0. The van der Waals surface area contributed by atoms with Crippen LogP contribution in [0.4, 0.5) is 10.5 Å². The van der Waals surface area contributed by atoms with E-state index in [0.29, 0.717) is 6.04 Å². The van der Waals surface area contributed by atoms with E-state index in [1.807, 2.05) is 0 Å². The zero-order valence-electron chi connectivity index (χ0n) is 12.5. The van der Waals surface area contributed by atoms with E-state index in [2.05, 4.69) is 50.4 Å². The van der Waals surface area contributed by atoms with E-state index in [1.165, 1.54) is 5.56 Å². The van der Waals surface area contributed by atoms with Gasteiger partial charge in [0.25, 0.3) is 0 Å². The highest BCUT2D eigenvalue weighted by Gasteiger charge is 2.31. The maximum Gasteiger partial charge on any atom is 0.404 e. The van der Waals surface area contributed by atoms with Crippen molar-refractivity contribution < 1.29 is 9.53 Å². The molecule has 1 fully saturated rings. The van der Waals surface area contributed by atoms with Crippen molar-refractivity contribution in [2.24, 2.45) is 5.73 Å². The van der Waals surface area contributed by atoms with Gasteiger partial charge in [-0.1, -0.05) is 32.9 Å². The molecule has 4 heteroatoms. The van der Waals surface area contributed by atoms with E-state index in [-0.39, 0.29) is 11.5 Å². The van der Waals surface area contributed by atoms with Crippen molar-refractivity contribution in [3.63, 3.8) is 0 Å². The van der Waals surface area contributed by atoms with Crippen LogP contribution in [-0.2, 0) is 10.2 Å². The molecule has 3 N–H and O–H groups in total. The topological polar surface area (TPSA) is 64.3 Å². The smallest absolute Gasteiger partial charge is 0.404 e. The van der Waals surface area contributed by atoms with E-state index in [0.717, 1.165) is 24.9 Å². The highest BCUT2D eigenvalue weighted by Crippen LogP contribution is 2.30. The maximum atomic E-state index is 10.6. The number of carbonyl (C=O) groups excluding carboxylic acids is 1. The molecule has 0 aromatic heterocycles. The van der Waals surface area contributed by atoms with E-state index < -0.39 is 6.09 Å². The van der Waals surface area contributed by atoms with Gasteiger partial charge in [-0.2, -0.15) is 0 Å². The molecule has 1 aromatic carbocycles. The monoisotopic (exact) mass is 276 g/mol. The van der Waals surface area contributed by atoms with Gasteiger partial charge in [0.05, 0.1) is 0 Å². The first-order valence-electron chi connectivity index (χ1n) is 7.24. The minimum absolute atomic E-state index is 0.0247. The Labute approximate surface area is 120 Å². The Bertz CT molecular complexity index is 462. The van der Waals surface area contributed by atoms with Gasteiger partial charge in [-0.25, -0.2) is 4.79 Å². The third kappa shape index (κ3) is 3.44. The quantitative estimate of drug-likeness (QED) is 0.866. The SMILES string of the molecule is CCC(C)(C)c1ccc(NC2CC(OC(N)=O)C2)cc1. The van der Waals surface area contributed by atoms with Crippen LogP contribution in [0.1, 0.15) is 45.6 Å². The van der Waals surface area contributed by atoms with Gasteiger partial charge in [0.15, 0.2) is 0 Å². The number of ether oxygens (including phenoxy) is 1. The Hall–Kier alpha value is -1.71. The number of hydrogen-bond donors (Lipinski definition) is 2. The molecule has 4 nitrogen and oxygen atoms in total. The summed E-state index contributed by atoms with van der Waals surface area (Å²) >= 11 is 0. The van der Waals surface area contributed by atoms with Crippen LogP contribution in [0.25, 0.3) is 0 Å². The molecular weight excluding hydrogens is 252 g/mol.